The number of benzene rings is 2. The molecule has 10 heteroatoms. The number of amides is 1. The van der Waals surface area contributed by atoms with Crippen molar-refractivity contribution in [2.45, 2.75) is 6.92 Å². The van der Waals surface area contributed by atoms with Crippen molar-refractivity contribution in [2.24, 2.45) is 4.99 Å². The van der Waals surface area contributed by atoms with Gasteiger partial charge in [0, 0.05) is 17.7 Å². The highest BCUT2D eigenvalue weighted by Gasteiger charge is 2.26. The molecule has 0 saturated carbocycles. The van der Waals surface area contributed by atoms with Gasteiger partial charge in [0.05, 0.1) is 36.3 Å². The predicted molar refractivity (Wildman–Crippen MR) is 115 cm³/mol. The van der Waals surface area contributed by atoms with E-state index in [9.17, 15) is 14.9 Å². The third kappa shape index (κ3) is 4.71. The topological polar surface area (TPSA) is 112 Å². The van der Waals surface area contributed by atoms with E-state index in [1.807, 2.05) is 6.92 Å². The van der Waals surface area contributed by atoms with Crippen LogP contribution < -0.4 is 19.5 Å². The molecule has 1 fully saturated rings. The number of hydrogen-bond donors (Lipinski definition) is 1. The molecule has 1 amide bonds. The monoisotopic (exact) mass is 429 g/mol. The molecule has 0 spiro atoms. The summed E-state index contributed by atoms with van der Waals surface area (Å²) in [4.78, 5) is 27.9. The molecule has 2 aromatic rings. The second-order valence-electron chi connectivity index (χ2n) is 5.93. The zero-order chi connectivity index (χ0) is 21.7. The van der Waals surface area contributed by atoms with E-state index in [2.05, 4.69) is 10.3 Å². The molecule has 9 nitrogen and oxygen atoms in total. The first kappa shape index (κ1) is 21.2. The minimum Gasteiger partial charge on any atom is -0.496 e. The van der Waals surface area contributed by atoms with Gasteiger partial charge in [-0.3, -0.25) is 14.9 Å². The fourth-order valence-corrected chi connectivity index (χ4v) is 3.52. The van der Waals surface area contributed by atoms with Crippen molar-refractivity contribution in [2.75, 3.05) is 20.8 Å². The molecule has 3 rings (SSSR count). The predicted octanol–water partition coefficient (Wildman–Crippen LogP) is 3.90. The Kier molecular flexibility index (Phi) is 6.58. The quantitative estimate of drug-likeness (QED) is 0.403. The lowest BCUT2D eigenvalue weighted by molar-refractivity contribution is -0.385. The van der Waals surface area contributed by atoms with Crippen LogP contribution >= 0.6 is 11.8 Å². The van der Waals surface area contributed by atoms with Crippen LogP contribution in [0.5, 0.6) is 17.2 Å². The van der Waals surface area contributed by atoms with E-state index >= 15 is 0 Å². The maximum absolute atomic E-state index is 12.4. The summed E-state index contributed by atoms with van der Waals surface area (Å²) in [6.45, 7) is 2.47. The fourth-order valence-electron chi connectivity index (χ4n) is 2.68. The Bertz CT molecular complexity index is 1030. The van der Waals surface area contributed by atoms with Gasteiger partial charge in [0.15, 0.2) is 5.17 Å². The Hall–Kier alpha value is -3.53. The molecule has 0 aromatic heterocycles. The van der Waals surface area contributed by atoms with E-state index in [4.69, 9.17) is 14.2 Å². The number of thioether (sulfide) groups is 1. The fraction of sp³-hybridized carbons (Fsp3) is 0.200. The zero-order valence-corrected chi connectivity index (χ0v) is 17.3. The molecule has 1 heterocycles. The number of carbonyl (C=O) groups excluding carboxylic acids is 1. The smallest absolute Gasteiger partial charge is 0.311 e. The van der Waals surface area contributed by atoms with Crippen molar-refractivity contribution in [3.05, 3.63) is 57.0 Å². The van der Waals surface area contributed by atoms with Gasteiger partial charge in [-0.2, -0.15) is 0 Å². The SMILES string of the molecule is CCOc1ccc(N=C2NC(=O)/C(=C/c3cc([N+](=O)[O-])c(OC)cc3OC)S2)cc1. The summed E-state index contributed by atoms with van der Waals surface area (Å²) in [5, 5.41) is 14.4. The van der Waals surface area contributed by atoms with Crippen LogP contribution in [0.15, 0.2) is 46.3 Å². The van der Waals surface area contributed by atoms with Crippen LogP contribution in [0.2, 0.25) is 0 Å². The molecule has 1 aliphatic rings. The Morgan fingerprint density at radius 2 is 1.87 bits per heavy atom. The highest BCUT2D eigenvalue weighted by molar-refractivity contribution is 8.18. The number of amidine groups is 1. The molecule has 1 N–H and O–H groups in total. The van der Waals surface area contributed by atoms with E-state index in [1.54, 1.807) is 24.3 Å². The zero-order valence-electron chi connectivity index (χ0n) is 16.5. The molecule has 0 radical (unpaired) electrons. The molecule has 1 saturated heterocycles. The Balaban J connectivity index is 1.89. The number of methoxy groups -OCH3 is 2. The van der Waals surface area contributed by atoms with Crippen molar-refractivity contribution < 1.29 is 23.9 Å². The number of nitrogens with one attached hydrogen (secondary N) is 1. The highest BCUT2D eigenvalue weighted by atomic mass is 32.2. The first-order valence-corrected chi connectivity index (χ1v) is 9.69. The number of rotatable bonds is 7. The van der Waals surface area contributed by atoms with Gasteiger partial charge in [-0.25, -0.2) is 4.99 Å². The lowest BCUT2D eigenvalue weighted by atomic mass is 10.1. The van der Waals surface area contributed by atoms with Crippen LogP contribution in [0.4, 0.5) is 11.4 Å². The Labute approximate surface area is 176 Å². The molecule has 1 aliphatic heterocycles. The average Bonchev–Trinajstić information content (AvgIpc) is 3.07. The normalized spacial score (nSPS) is 15.9. The van der Waals surface area contributed by atoms with Crippen molar-refractivity contribution in [1.82, 2.24) is 5.32 Å². The van der Waals surface area contributed by atoms with Crippen LogP contribution in [0.25, 0.3) is 6.08 Å². The largest absolute Gasteiger partial charge is 0.496 e. The number of aliphatic imine (C=N–C) groups is 1. The van der Waals surface area contributed by atoms with Gasteiger partial charge >= 0.3 is 5.69 Å². The minimum atomic E-state index is -0.555. The maximum atomic E-state index is 12.4. The van der Waals surface area contributed by atoms with Gasteiger partial charge in [0.2, 0.25) is 5.75 Å². The number of ether oxygens (including phenoxy) is 3. The van der Waals surface area contributed by atoms with Crippen molar-refractivity contribution in [3.8, 4) is 17.2 Å². The molecule has 0 bridgehead atoms. The number of nitro benzene ring substituents is 1. The molecule has 2 aromatic carbocycles. The van der Waals surface area contributed by atoms with Crippen molar-refractivity contribution >= 4 is 40.3 Å². The number of nitrogens with zero attached hydrogens (tertiary/aromatic N) is 2. The van der Waals surface area contributed by atoms with Gasteiger partial charge < -0.3 is 19.5 Å². The molecule has 0 atom stereocenters. The lowest BCUT2D eigenvalue weighted by Crippen LogP contribution is -2.19. The summed E-state index contributed by atoms with van der Waals surface area (Å²) in [5.74, 6) is 0.791. The summed E-state index contributed by atoms with van der Waals surface area (Å²) in [5.41, 5.74) is 0.807. The third-order valence-electron chi connectivity index (χ3n) is 4.04. The van der Waals surface area contributed by atoms with E-state index < -0.39 is 4.92 Å². The van der Waals surface area contributed by atoms with Gasteiger partial charge in [0.1, 0.15) is 11.5 Å². The summed E-state index contributed by atoms with van der Waals surface area (Å²) in [7, 11) is 2.77. The summed E-state index contributed by atoms with van der Waals surface area (Å²) < 4.78 is 15.7. The van der Waals surface area contributed by atoms with Gasteiger partial charge in [-0.1, -0.05) is 0 Å². The summed E-state index contributed by atoms with van der Waals surface area (Å²) >= 11 is 1.13. The van der Waals surface area contributed by atoms with E-state index in [0.29, 0.717) is 33.7 Å². The summed E-state index contributed by atoms with van der Waals surface area (Å²) in [6.07, 6.45) is 1.52. The molecular formula is C20H19N3O6S. The van der Waals surface area contributed by atoms with E-state index in [0.717, 1.165) is 17.5 Å². The molecule has 156 valence electrons. The average molecular weight is 429 g/mol. The molecule has 30 heavy (non-hydrogen) atoms. The summed E-state index contributed by atoms with van der Waals surface area (Å²) in [6, 6.07) is 9.87. The van der Waals surface area contributed by atoms with Crippen molar-refractivity contribution in [3.63, 3.8) is 0 Å². The second-order valence-corrected chi connectivity index (χ2v) is 6.96. The highest BCUT2D eigenvalue weighted by Crippen LogP contribution is 2.37. The van der Waals surface area contributed by atoms with Crippen LogP contribution in [-0.2, 0) is 4.79 Å². The van der Waals surface area contributed by atoms with Crippen LogP contribution in [-0.4, -0.2) is 36.8 Å². The molecule has 0 aliphatic carbocycles. The Morgan fingerprint density at radius 3 is 2.47 bits per heavy atom. The lowest BCUT2D eigenvalue weighted by Gasteiger charge is -2.08. The molecular weight excluding hydrogens is 410 g/mol. The van der Waals surface area contributed by atoms with Gasteiger partial charge in [-0.15, -0.1) is 0 Å². The first-order chi connectivity index (χ1) is 14.4. The second kappa shape index (κ2) is 9.31. The van der Waals surface area contributed by atoms with E-state index in [-0.39, 0.29) is 17.3 Å². The standard InChI is InChI=1S/C20H19N3O6S/c1-4-29-14-7-5-13(6-8-14)21-20-22-19(24)18(30-20)10-12-9-15(23(25)26)17(28-3)11-16(12)27-2/h5-11H,4H2,1-3H3,(H,21,22,24)/b18-10-. The van der Waals surface area contributed by atoms with Crippen LogP contribution in [0, 0.1) is 10.1 Å². The Morgan fingerprint density at radius 1 is 1.17 bits per heavy atom. The minimum absolute atomic E-state index is 0.0697. The number of carbonyl (C=O) groups is 1. The molecule has 0 unspecified atom stereocenters. The van der Waals surface area contributed by atoms with Crippen LogP contribution in [0.3, 0.4) is 0 Å². The number of nitro groups is 1. The third-order valence-corrected chi connectivity index (χ3v) is 4.95. The first-order valence-electron chi connectivity index (χ1n) is 8.88. The van der Waals surface area contributed by atoms with Gasteiger partial charge in [-0.05, 0) is 49.0 Å². The number of hydrogen-bond acceptors (Lipinski definition) is 8. The van der Waals surface area contributed by atoms with Crippen LogP contribution in [0.1, 0.15) is 12.5 Å². The van der Waals surface area contributed by atoms with Crippen molar-refractivity contribution in [1.29, 1.82) is 0 Å². The van der Waals surface area contributed by atoms with E-state index in [1.165, 1.54) is 32.4 Å². The van der Waals surface area contributed by atoms with Gasteiger partial charge in [0.25, 0.3) is 5.91 Å². The maximum Gasteiger partial charge on any atom is 0.311 e.